The molecule has 0 saturated carbocycles. The molecule has 21 heavy (non-hydrogen) atoms. The highest BCUT2D eigenvalue weighted by Crippen LogP contribution is 2.23. The Labute approximate surface area is 127 Å². The Kier molecular flexibility index (Phi) is 9.99. The summed E-state index contributed by atoms with van der Waals surface area (Å²) in [5.41, 5.74) is 0.136. The molecule has 0 spiro atoms. The van der Waals surface area contributed by atoms with E-state index in [9.17, 15) is 14.7 Å². The van der Waals surface area contributed by atoms with Crippen LogP contribution in [0.1, 0.15) is 40.0 Å². The Hall–Kier alpha value is -1.14. The minimum absolute atomic E-state index is 0.136. The van der Waals surface area contributed by atoms with Gasteiger partial charge in [0, 0.05) is 19.7 Å². The number of hydrogen-bond acceptors (Lipinski definition) is 4. The van der Waals surface area contributed by atoms with Crippen LogP contribution in [0.3, 0.4) is 0 Å². The van der Waals surface area contributed by atoms with Gasteiger partial charge in [-0.25, -0.2) is 0 Å². The van der Waals surface area contributed by atoms with Crippen molar-refractivity contribution >= 4 is 12.4 Å². The number of carbonyl (C=O) groups excluding carboxylic acids is 1. The molecular formula is C15H30N2O4. The number of amides is 1. The summed E-state index contributed by atoms with van der Waals surface area (Å²) in [6.45, 7) is 8.59. The van der Waals surface area contributed by atoms with Crippen molar-refractivity contribution in [2.24, 2.45) is 5.41 Å². The number of nitrogens with one attached hydrogen (secondary N) is 1. The Morgan fingerprint density at radius 2 is 2.05 bits per heavy atom. The van der Waals surface area contributed by atoms with Crippen LogP contribution < -0.4 is 5.32 Å². The molecule has 6 heteroatoms. The molecule has 1 atom stereocenters. The molecule has 1 amide bonds. The highest BCUT2D eigenvalue weighted by Gasteiger charge is 2.24. The normalized spacial score (nSPS) is 13.2. The van der Waals surface area contributed by atoms with E-state index in [-0.39, 0.29) is 5.41 Å². The highest BCUT2D eigenvalue weighted by molar-refractivity contribution is 5.73. The molecule has 0 fully saturated rings. The van der Waals surface area contributed by atoms with Crippen molar-refractivity contribution in [1.82, 2.24) is 10.2 Å². The Balaban J connectivity index is 3.93. The van der Waals surface area contributed by atoms with Crippen LogP contribution in [0.4, 0.5) is 0 Å². The predicted octanol–water partition coefficient (Wildman–Crippen LogP) is 1.35. The Morgan fingerprint density at radius 3 is 2.57 bits per heavy atom. The summed E-state index contributed by atoms with van der Waals surface area (Å²) in [6, 6.07) is -0.468. The maximum absolute atomic E-state index is 11.3. The first kappa shape index (κ1) is 19.9. The van der Waals surface area contributed by atoms with Gasteiger partial charge < -0.3 is 15.2 Å². The second-order valence-electron chi connectivity index (χ2n) is 6.47. The number of carboxylic acid groups (broad SMARTS) is 1. The average Bonchev–Trinajstić information content (AvgIpc) is 2.36. The number of hydrogen-bond donors (Lipinski definition) is 2. The zero-order chi connectivity index (χ0) is 16.3. The quantitative estimate of drug-likeness (QED) is 0.420. The van der Waals surface area contributed by atoms with E-state index >= 15 is 0 Å². The standard InChI is InChI=1S/C15H30N2O4/c1-15(2,3)7-6-13(14(19)20)17(4)9-11-21-10-5-8-16-12-18/h12-13H,5-11H2,1-4H3,(H,16,18)(H,19,20). The molecule has 0 heterocycles. The van der Waals surface area contributed by atoms with Gasteiger partial charge in [-0.05, 0) is 31.7 Å². The van der Waals surface area contributed by atoms with Crippen molar-refractivity contribution in [3.8, 4) is 0 Å². The minimum Gasteiger partial charge on any atom is -0.480 e. The van der Waals surface area contributed by atoms with Gasteiger partial charge in [-0.3, -0.25) is 14.5 Å². The lowest BCUT2D eigenvalue weighted by Gasteiger charge is -2.27. The molecule has 0 aliphatic carbocycles. The summed E-state index contributed by atoms with van der Waals surface area (Å²) in [7, 11) is 1.82. The van der Waals surface area contributed by atoms with E-state index < -0.39 is 12.0 Å². The third kappa shape index (κ3) is 11.2. The second-order valence-corrected chi connectivity index (χ2v) is 6.47. The lowest BCUT2D eigenvalue weighted by molar-refractivity contribution is -0.143. The fourth-order valence-corrected chi connectivity index (χ4v) is 1.90. The highest BCUT2D eigenvalue weighted by atomic mass is 16.5. The molecule has 0 aliphatic heterocycles. The van der Waals surface area contributed by atoms with Crippen molar-refractivity contribution in [3.63, 3.8) is 0 Å². The maximum atomic E-state index is 11.3. The van der Waals surface area contributed by atoms with Crippen LogP contribution in [0.2, 0.25) is 0 Å². The molecule has 1 unspecified atom stereocenters. The van der Waals surface area contributed by atoms with Crippen LogP contribution in [0.15, 0.2) is 0 Å². The van der Waals surface area contributed by atoms with Crippen LogP contribution in [0.25, 0.3) is 0 Å². The van der Waals surface area contributed by atoms with Gasteiger partial charge in [0.1, 0.15) is 6.04 Å². The summed E-state index contributed by atoms with van der Waals surface area (Å²) in [6.07, 6.45) is 2.93. The molecule has 0 bridgehead atoms. The van der Waals surface area contributed by atoms with Gasteiger partial charge in [-0.15, -0.1) is 0 Å². The topological polar surface area (TPSA) is 78.9 Å². The van der Waals surface area contributed by atoms with Crippen LogP contribution in [-0.2, 0) is 14.3 Å². The Bertz CT molecular complexity index is 303. The van der Waals surface area contributed by atoms with E-state index in [0.29, 0.717) is 39.1 Å². The van der Waals surface area contributed by atoms with Gasteiger partial charge in [0.2, 0.25) is 6.41 Å². The zero-order valence-electron chi connectivity index (χ0n) is 13.7. The lowest BCUT2D eigenvalue weighted by atomic mass is 9.88. The summed E-state index contributed by atoms with van der Waals surface area (Å²) in [5, 5.41) is 11.9. The zero-order valence-corrected chi connectivity index (χ0v) is 13.7. The predicted molar refractivity (Wildman–Crippen MR) is 82.2 cm³/mol. The lowest BCUT2D eigenvalue weighted by Crippen LogP contribution is -2.40. The smallest absolute Gasteiger partial charge is 0.320 e. The van der Waals surface area contributed by atoms with E-state index in [4.69, 9.17) is 4.74 Å². The van der Waals surface area contributed by atoms with Crippen molar-refractivity contribution < 1.29 is 19.4 Å². The first-order valence-corrected chi connectivity index (χ1v) is 7.46. The van der Waals surface area contributed by atoms with Crippen molar-refractivity contribution in [2.45, 2.75) is 46.1 Å². The molecule has 0 aliphatic rings. The fourth-order valence-electron chi connectivity index (χ4n) is 1.90. The van der Waals surface area contributed by atoms with Crippen molar-refractivity contribution in [1.29, 1.82) is 0 Å². The van der Waals surface area contributed by atoms with Crippen molar-refractivity contribution in [2.75, 3.05) is 33.4 Å². The average molecular weight is 302 g/mol. The summed E-state index contributed by atoms with van der Waals surface area (Å²) >= 11 is 0. The summed E-state index contributed by atoms with van der Waals surface area (Å²) in [4.78, 5) is 23.2. The number of ether oxygens (including phenoxy) is 1. The molecule has 124 valence electrons. The first-order chi connectivity index (χ1) is 9.78. The van der Waals surface area contributed by atoms with Crippen molar-refractivity contribution in [3.05, 3.63) is 0 Å². The van der Waals surface area contributed by atoms with E-state index in [2.05, 4.69) is 26.1 Å². The van der Waals surface area contributed by atoms with Gasteiger partial charge in [0.25, 0.3) is 0 Å². The van der Waals surface area contributed by atoms with Crippen LogP contribution in [0.5, 0.6) is 0 Å². The molecule has 0 radical (unpaired) electrons. The second kappa shape index (κ2) is 10.6. The molecule has 0 aromatic rings. The largest absolute Gasteiger partial charge is 0.480 e. The molecule has 0 aromatic carbocycles. The number of rotatable bonds is 12. The third-order valence-electron chi connectivity index (χ3n) is 3.27. The van der Waals surface area contributed by atoms with E-state index in [0.717, 1.165) is 12.8 Å². The summed E-state index contributed by atoms with van der Waals surface area (Å²) in [5.74, 6) is -0.781. The monoisotopic (exact) mass is 302 g/mol. The van der Waals surface area contributed by atoms with E-state index in [1.54, 1.807) is 0 Å². The third-order valence-corrected chi connectivity index (χ3v) is 3.27. The SMILES string of the molecule is CN(CCOCCCNC=O)C(CCC(C)(C)C)C(=O)O. The summed E-state index contributed by atoms with van der Waals surface area (Å²) < 4.78 is 5.44. The molecule has 0 aromatic heterocycles. The number of aliphatic carboxylic acids is 1. The van der Waals surface area contributed by atoms with E-state index in [1.165, 1.54) is 0 Å². The fraction of sp³-hybridized carbons (Fsp3) is 0.867. The number of carbonyl (C=O) groups is 2. The van der Waals surface area contributed by atoms with Crippen LogP contribution >= 0.6 is 0 Å². The number of likely N-dealkylation sites (N-methyl/N-ethyl adjacent to an activating group) is 1. The van der Waals surface area contributed by atoms with Gasteiger partial charge in [-0.2, -0.15) is 0 Å². The first-order valence-electron chi connectivity index (χ1n) is 7.46. The van der Waals surface area contributed by atoms with Gasteiger partial charge in [0.05, 0.1) is 6.61 Å². The van der Waals surface area contributed by atoms with Crippen LogP contribution in [0, 0.1) is 5.41 Å². The molecule has 0 saturated heterocycles. The number of carboxylic acids is 1. The van der Waals surface area contributed by atoms with Gasteiger partial charge >= 0.3 is 5.97 Å². The van der Waals surface area contributed by atoms with Gasteiger partial charge in [-0.1, -0.05) is 20.8 Å². The number of nitrogens with zero attached hydrogens (tertiary/aromatic N) is 1. The minimum atomic E-state index is -0.781. The maximum Gasteiger partial charge on any atom is 0.320 e. The van der Waals surface area contributed by atoms with Crippen LogP contribution in [-0.4, -0.2) is 61.8 Å². The van der Waals surface area contributed by atoms with E-state index in [1.807, 2.05) is 11.9 Å². The molecule has 0 rings (SSSR count). The molecule has 6 nitrogen and oxygen atoms in total. The molecule has 2 N–H and O–H groups in total. The molecular weight excluding hydrogens is 272 g/mol. The Morgan fingerprint density at radius 1 is 1.38 bits per heavy atom. The van der Waals surface area contributed by atoms with Gasteiger partial charge in [0.15, 0.2) is 0 Å².